The molecule has 6 N–H and O–H groups in total. The quantitative estimate of drug-likeness (QED) is 0.302. The van der Waals surface area contributed by atoms with Crippen molar-refractivity contribution in [3.63, 3.8) is 0 Å². The molecular weight excluding hydrogens is 456 g/mol. The van der Waals surface area contributed by atoms with Crippen LogP contribution in [0.5, 0.6) is 0 Å². The van der Waals surface area contributed by atoms with Gasteiger partial charge < -0.3 is 15.7 Å². The van der Waals surface area contributed by atoms with E-state index in [9.17, 15) is 27.9 Å². The fourth-order valence-electron chi connectivity index (χ4n) is 5.33. The van der Waals surface area contributed by atoms with Crippen LogP contribution in [0.15, 0.2) is 10.6 Å². The molecule has 180 valence electrons. The second-order valence-corrected chi connectivity index (χ2v) is 11.5. The number of carboxylic acid groups (broad SMARTS) is 1. The second-order valence-electron chi connectivity index (χ2n) is 9.14. The molecule has 10 nitrogen and oxygen atoms in total. The summed E-state index contributed by atoms with van der Waals surface area (Å²) in [4.78, 5) is 39.0. The van der Waals surface area contributed by atoms with Crippen LogP contribution in [0.3, 0.4) is 0 Å². The molecule has 6 atom stereocenters. The predicted octanol–water partition coefficient (Wildman–Crippen LogP) is 0.398. The van der Waals surface area contributed by atoms with E-state index >= 15 is 0 Å². The lowest BCUT2D eigenvalue weighted by atomic mass is 9.73. The highest BCUT2D eigenvalue weighted by atomic mass is 32.2. The van der Waals surface area contributed by atoms with Crippen LogP contribution in [0.2, 0.25) is 0 Å². The zero-order valence-electron chi connectivity index (χ0n) is 18.3. The second kappa shape index (κ2) is 9.80. The zero-order chi connectivity index (χ0) is 23.8. The van der Waals surface area contributed by atoms with Crippen LogP contribution >= 0.6 is 11.8 Å². The van der Waals surface area contributed by atoms with E-state index < -0.39 is 16.2 Å². The van der Waals surface area contributed by atoms with Gasteiger partial charge in [-0.25, -0.2) is 9.93 Å². The number of carbonyl (C=O) groups excluding carboxylic acids is 2. The molecule has 2 fully saturated rings. The van der Waals surface area contributed by atoms with Crippen LogP contribution < -0.4 is 15.6 Å². The molecule has 1 amide bonds. The summed E-state index contributed by atoms with van der Waals surface area (Å²) in [6.45, 7) is 4.07. The monoisotopic (exact) mass is 488 g/mol. The fraction of sp³-hybridized carbons (Fsp3) is 0.750. The van der Waals surface area contributed by atoms with E-state index in [4.69, 9.17) is 10.9 Å². The molecule has 1 unspecified atom stereocenters. The molecule has 0 bridgehead atoms. The molecule has 3 rings (SSSR count). The Morgan fingerprint density at radius 2 is 2.03 bits per heavy atom. The van der Waals surface area contributed by atoms with Crippen molar-refractivity contribution in [1.82, 2.24) is 9.62 Å². The Hall–Kier alpha value is -1.47. The normalized spacial score (nSPS) is 30.9. The topological polar surface area (TPSA) is 173 Å². The summed E-state index contributed by atoms with van der Waals surface area (Å²) >= 11 is 1.44. The lowest BCUT2D eigenvalue weighted by Crippen LogP contribution is -2.62. The van der Waals surface area contributed by atoms with Gasteiger partial charge in [-0.2, -0.15) is 13.1 Å². The highest BCUT2D eigenvalue weighted by molar-refractivity contribution is 8.03. The number of thioether (sulfide) groups is 1. The van der Waals surface area contributed by atoms with E-state index in [-0.39, 0.29) is 72.5 Å². The van der Waals surface area contributed by atoms with Crippen LogP contribution in [0.25, 0.3) is 0 Å². The van der Waals surface area contributed by atoms with Gasteiger partial charge in [0.25, 0.3) is 10.2 Å². The Bertz CT molecular complexity index is 921. The molecule has 0 aromatic carbocycles. The SMILES string of the molecule is C[C@@H](CC(=O)CCN)[C@H]1C(=O)N2C(C(=O)O)=C(SC[C@H]3CCC(NS(N)(=O)=O)C3)[C@H](C)[C@H]12. The number of β-lactam (4-membered cyclic amide) rings is 1. The van der Waals surface area contributed by atoms with Gasteiger partial charge in [0.1, 0.15) is 11.5 Å². The lowest BCUT2D eigenvalue weighted by Gasteiger charge is -2.47. The van der Waals surface area contributed by atoms with E-state index in [0.717, 1.165) is 6.42 Å². The summed E-state index contributed by atoms with van der Waals surface area (Å²) in [6.07, 6.45) is 2.68. The van der Waals surface area contributed by atoms with E-state index in [1.54, 1.807) is 0 Å². The maximum absolute atomic E-state index is 12.9. The van der Waals surface area contributed by atoms with E-state index in [2.05, 4.69) is 4.72 Å². The number of fused-ring (bicyclic) bond motifs is 1. The summed E-state index contributed by atoms with van der Waals surface area (Å²) in [7, 11) is -3.75. The van der Waals surface area contributed by atoms with Gasteiger partial charge in [-0.05, 0) is 37.6 Å². The van der Waals surface area contributed by atoms with Crippen LogP contribution in [0.4, 0.5) is 0 Å². The third-order valence-corrected chi connectivity index (χ3v) is 8.90. The average Bonchev–Trinajstić information content (AvgIpc) is 3.19. The minimum absolute atomic E-state index is 0.0156. The standard InChI is InChI=1S/C20H32N4O6S2/c1-10(7-14(25)5-6-21)15-16-11(2)18(17(20(27)28)24(16)19(15)26)31-9-12-3-4-13(8-12)23-32(22,29)30/h10-13,15-16,23H,3-9,21H2,1-2H3,(H,27,28)(H2,22,29,30)/t10-,11+,12-,13?,15+,16+/m0/s1. The Kier molecular flexibility index (Phi) is 7.70. The van der Waals surface area contributed by atoms with Gasteiger partial charge in [0, 0.05) is 35.5 Å². The van der Waals surface area contributed by atoms with Crippen molar-refractivity contribution in [3.05, 3.63) is 10.6 Å². The Morgan fingerprint density at radius 1 is 1.34 bits per heavy atom. The number of nitrogens with one attached hydrogen (secondary N) is 1. The molecule has 2 heterocycles. The molecule has 1 saturated heterocycles. The largest absolute Gasteiger partial charge is 0.477 e. The molecule has 2 aliphatic heterocycles. The minimum Gasteiger partial charge on any atom is -0.477 e. The molecule has 1 saturated carbocycles. The van der Waals surface area contributed by atoms with Gasteiger partial charge >= 0.3 is 5.97 Å². The van der Waals surface area contributed by atoms with E-state index in [1.165, 1.54) is 16.7 Å². The number of Topliss-reactive ketones (excluding diaryl/α,β-unsaturated/α-hetero) is 1. The van der Waals surface area contributed by atoms with Gasteiger partial charge in [0.05, 0.1) is 12.0 Å². The van der Waals surface area contributed by atoms with Gasteiger partial charge in [-0.3, -0.25) is 9.59 Å². The van der Waals surface area contributed by atoms with Crippen LogP contribution in [-0.4, -0.2) is 60.5 Å². The van der Waals surface area contributed by atoms with Crippen molar-refractivity contribution >= 4 is 39.6 Å². The number of carbonyl (C=O) groups is 3. The van der Waals surface area contributed by atoms with Crippen molar-refractivity contribution in [1.29, 1.82) is 0 Å². The first-order chi connectivity index (χ1) is 14.9. The first-order valence-electron chi connectivity index (χ1n) is 10.9. The summed E-state index contributed by atoms with van der Waals surface area (Å²) in [5.41, 5.74) is 5.49. The predicted molar refractivity (Wildman–Crippen MR) is 120 cm³/mol. The molecular formula is C20H32N4O6S2. The summed E-state index contributed by atoms with van der Waals surface area (Å²) < 4.78 is 24.9. The van der Waals surface area contributed by atoms with Gasteiger partial charge in [-0.1, -0.05) is 13.8 Å². The maximum atomic E-state index is 12.9. The highest BCUT2D eigenvalue weighted by Gasteiger charge is 2.60. The summed E-state index contributed by atoms with van der Waals surface area (Å²) in [6, 6.07) is -0.459. The number of hydrogen-bond acceptors (Lipinski definition) is 7. The number of carboxylic acids is 1. The number of ketones is 1. The lowest BCUT2D eigenvalue weighted by molar-refractivity contribution is -0.160. The number of nitrogens with zero attached hydrogens (tertiary/aromatic N) is 1. The molecule has 12 heteroatoms. The fourth-order valence-corrected chi connectivity index (χ4v) is 7.45. The number of nitrogens with two attached hydrogens (primary N) is 2. The molecule has 0 spiro atoms. The van der Waals surface area contributed by atoms with Crippen LogP contribution in [0.1, 0.15) is 46.0 Å². The molecule has 1 aliphatic carbocycles. The number of rotatable bonds is 11. The molecule has 3 aliphatic rings. The van der Waals surface area contributed by atoms with E-state index in [1.807, 2.05) is 13.8 Å². The number of hydrogen-bond donors (Lipinski definition) is 4. The van der Waals surface area contributed by atoms with Crippen LogP contribution in [-0.2, 0) is 24.6 Å². The summed E-state index contributed by atoms with van der Waals surface area (Å²) in [5.74, 6) is -1.17. The molecule has 0 radical (unpaired) electrons. The third kappa shape index (κ3) is 5.19. The Morgan fingerprint density at radius 3 is 2.62 bits per heavy atom. The van der Waals surface area contributed by atoms with Crippen molar-refractivity contribution in [2.24, 2.45) is 34.5 Å². The van der Waals surface area contributed by atoms with Crippen molar-refractivity contribution in [2.45, 2.75) is 58.0 Å². The number of amides is 1. The molecule has 0 aromatic heterocycles. The molecule has 0 aromatic rings. The summed E-state index contributed by atoms with van der Waals surface area (Å²) in [5, 5.41) is 14.9. The first kappa shape index (κ1) is 25.2. The van der Waals surface area contributed by atoms with Crippen molar-refractivity contribution in [3.8, 4) is 0 Å². The number of aliphatic carboxylic acids is 1. The smallest absolute Gasteiger partial charge is 0.353 e. The Balaban J connectivity index is 1.66. The maximum Gasteiger partial charge on any atom is 0.353 e. The first-order valence-corrected chi connectivity index (χ1v) is 13.4. The van der Waals surface area contributed by atoms with Crippen molar-refractivity contribution in [2.75, 3.05) is 12.3 Å². The van der Waals surface area contributed by atoms with Crippen LogP contribution in [0, 0.1) is 23.7 Å². The van der Waals surface area contributed by atoms with Gasteiger partial charge in [-0.15, -0.1) is 11.8 Å². The van der Waals surface area contributed by atoms with E-state index in [0.29, 0.717) is 23.5 Å². The molecule has 32 heavy (non-hydrogen) atoms. The minimum atomic E-state index is -3.75. The highest BCUT2D eigenvalue weighted by Crippen LogP contribution is 2.52. The zero-order valence-corrected chi connectivity index (χ0v) is 20.0. The van der Waals surface area contributed by atoms with Crippen molar-refractivity contribution < 1.29 is 27.9 Å². The van der Waals surface area contributed by atoms with Gasteiger partial charge in [0.2, 0.25) is 5.91 Å². The average molecular weight is 489 g/mol. The Labute approximate surface area is 192 Å². The van der Waals surface area contributed by atoms with Gasteiger partial charge in [0.15, 0.2) is 0 Å². The third-order valence-electron chi connectivity index (χ3n) is 6.72.